The van der Waals surface area contributed by atoms with Gasteiger partial charge in [0.25, 0.3) is 0 Å². The van der Waals surface area contributed by atoms with Gasteiger partial charge in [-0.1, -0.05) is 6.42 Å². The predicted molar refractivity (Wildman–Crippen MR) is 72.6 cm³/mol. The molecule has 5 heteroatoms. The zero-order valence-corrected chi connectivity index (χ0v) is 12.0. The molecule has 0 amide bonds. The van der Waals surface area contributed by atoms with Gasteiger partial charge in [-0.2, -0.15) is 0 Å². The second-order valence-electron chi connectivity index (χ2n) is 5.52. The molecule has 2 N–H and O–H groups in total. The number of imidazole rings is 1. The number of aromatic nitrogens is 2. The van der Waals surface area contributed by atoms with E-state index in [0.29, 0.717) is 0 Å². The molecule has 19 heavy (non-hydrogen) atoms. The molecule has 1 aromatic heterocycles. The van der Waals surface area contributed by atoms with Gasteiger partial charge >= 0.3 is 5.97 Å². The van der Waals surface area contributed by atoms with Crippen LogP contribution in [0.2, 0.25) is 0 Å². The monoisotopic (exact) mass is 265 g/mol. The second-order valence-corrected chi connectivity index (χ2v) is 5.52. The van der Waals surface area contributed by atoms with Gasteiger partial charge in [0.15, 0.2) is 0 Å². The minimum atomic E-state index is -0.793. The number of carbonyl (C=O) groups is 1. The van der Waals surface area contributed by atoms with Crippen molar-refractivity contribution < 1.29 is 9.53 Å². The molecule has 1 aromatic rings. The lowest BCUT2D eigenvalue weighted by molar-refractivity contribution is -0.148. The minimum absolute atomic E-state index is 0.196. The molecule has 0 aliphatic heterocycles. The Morgan fingerprint density at radius 2 is 2.37 bits per heavy atom. The Labute approximate surface area is 114 Å². The van der Waals surface area contributed by atoms with Crippen LogP contribution in [-0.4, -0.2) is 28.2 Å². The van der Waals surface area contributed by atoms with E-state index in [-0.39, 0.29) is 11.9 Å². The van der Waals surface area contributed by atoms with Crippen molar-refractivity contribution >= 4 is 5.97 Å². The maximum absolute atomic E-state index is 11.9. The molecule has 1 aliphatic carbocycles. The van der Waals surface area contributed by atoms with Gasteiger partial charge in [0.1, 0.15) is 5.54 Å². The van der Waals surface area contributed by atoms with Gasteiger partial charge < -0.3 is 15.0 Å². The van der Waals surface area contributed by atoms with E-state index in [9.17, 15) is 4.79 Å². The third kappa shape index (κ3) is 2.52. The van der Waals surface area contributed by atoms with Crippen LogP contribution in [0.1, 0.15) is 37.1 Å². The van der Waals surface area contributed by atoms with Crippen LogP contribution < -0.4 is 5.73 Å². The Bertz CT molecular complexity index is 469. The van der Waals surface area contributed by atoms with Crippen LogP contribution in [0.3, 0.4) is 0 Å². The van der Waals surface area contributed by atoms with Crippen LogP contribution >= 0.6 is 0 Å². The van der Waals surface area contributed by atoms with Gasteiger partial charge in [-0.3, -0.25) is 4.79 Å². The molecule has 5 nitrogen and oxygen atoms in total. The maximum Gasteiger partial charge on any atom is 0.326 e. The fraction of sp³-hybridized carbons (Fsp3) is 0.714. The number of ether oxygens (including phenoxy) is 1. The molecule has 0 spiro atoms. The lowest BCUT2D eigenvalue weighted by Crippen LogP contribution is -2.51. The Morgan fingerprint density at radius 1 is 1.63 bits per heavy atom. The SMILES string of the molecule is COC(=O)C1(N)CCCC1CCn1cnc(C)c1C. The quantitative estimate of drug-likeness (QED) is 0.839. The fourth-order valence-electron chi connectivity index (χ4n) is 3.03. The number of methoxy groups -OCH3 is 1. The van der Waals surface area contributed by atoms with Crippen LogP contribution in [0.4, 0.5) is 0 Å². The van der Waals surface area contributed by atoms with Crippen LogP contribution in [0.25, 0.3) is 0 Å². The van der Waals surface area contributed by atoms with Crippen molar-refractivity contribution in [2.45, 2.75) is 51.6 Å². The number of nitrogens with two attached hydrogens (primary N) is 1. The topological polar surface area (TPSA) is 70.1 Å². The molecule has 106 valence electrons. The van der Waals surface area contributed by atoms with Gasteiger partial charge in [-0.05, 0) is 39.0 Å². The van der Waals surface area contributed by atoms with Crippen molar-refractivity contribution in [3.63, 3.8) is 0 Å². The highest BCUT2D eigenvalue weighted by atomic mass is 16.5. The first-order valence-corrected chi connectivity index (χ1v) is 6.84. The molecule has 0 saturated heterocycles. The average molecular weight is 265 g/mol. The second kappa shape index (κ2) is 5.33. The first-order valence-electron chi connectivity index (χ1n) is 6.84. The van der Waals surface area contributed by atoms with E-state index >= 15 is 0 Å². The molecule has 0 bridgehead atoms. The summed E-state index contributed by atoms with van der Waals surface area (Å²) in [5, 5.41) is 0. The molecular formula is C14H23N3O2. The highest BCUT2D eigenvalue weighted by Gasteiger charge is 2.46. The van der Waals surface area contributed by atoms with E-state index in [1.807, 2.05) is 13.3 Å². The summed E-state index contributed by atoms with van der Waals surface area (Å²) >= 11 is 0. The molecule has 0 radical (unpaired) electrons. The van der Waals surface area contributed by atoms with Crippen molar-refractivity contribution in [2.75, 3.05) is 7.11 Å². The van der Waals surface area contributed by atoms with Crippen LogP contribution in [0, 0.1) is 19.8 Å². The van der Waals surface area contributed by atoms with Crippen molar-refractivity contribution in [3.8, 4) is 0 Å². The van der Waals surface area contributed by atoms with E-state index in [1.54, 1.807) is 0 Å². The number of rotatable bonds is 4. The zero-order chi connectivity index (χ0) is 14.0. The van der Waals surface area contributed by atoms with Crippen molar-refractivity contribution in [1.82, 2.24) is 9.55 Å². The first kappa shape index (κ1) is 14.1. The van der Waals surface area contributed by atoms with Gasteiger partial charge in [0.2, 0.25) is 0 Å². The van der Waals surface area contributed by atoms with Gasteiger partial charge in [0.05, 0.1) is 19.1 Å². The minimum Gasteiger partial charge on any atom is -0.468 e. The van der Waals surface area contributed by atoms with Crippen LogP contribution in [-0.2, 0) is 16.1 Å². The number of nitrogens with zero attached hydrogens (tertiary/aromatic N) is 2. The molecule has 1 fully saturated rings. The molecule has 1 aliphatic rings. The summed E-state index contributed by atoms with van der Waals surface area (Å²) in [5.41, 5.74) is 7.71. The molecule has 2 atom stereocenters. The number of esters is 1. The molecule has 2 unspecified atom stereocenters. The molecular weight excluding hydrogens is 242 g/mol. The standard InChI is InChI=1S/C14H23N3O2/c1-10-11(2)17(9-16-10)8-6-12-5-4-7-14(12,15)13(18)19-3/h9,12H,4-8,15H2,1-3H3. The first-order chi connectivity index (χ1) is 8.99. The van der Waals surface area contributed by atoms with E-state index < -0.39 is 5.54 Å². The Balaban J connectivity index is 2.03. The molecule has 1 heterocycles. The molecule has 1 saturated carbocycles. The highest BCUT2D eigenvalue weighted by molar-refractivity contribution is 5.81. The molecule has 2 rings (SSSR count). The Hall–Kier alpha value is -1.36. The van der Waals surface area contributed by atoms with Crippen molar-refractivity contribution in [3.05, 3.63) is 17.7 Å². The number of aryl methyl sites for hydroxylation is 2. The van der Waals surface area contributed by atoms with Gasteiger partial charge in [-0.15, -0.1) is 0 Å². The summed E-state index contributed by atoms with van der Waals surface area (Å²) in [5.74, 6) is -0.0735. The summed E-state index contributed by atoms with van der Waals surface area (Å²) in [4.78, 5) is 16.2. The third-order valence-electron chi connectivity index (χ3n) is 4.50. The van der Waals surface area contributed by atoms with Crippen LogP contribution in [0.15, 0.2) is 6.33 Å². The van der Waals surface area contributed by atoms with Crippen LogP contribution in [0.5, 0.6) is 0 Å². The Morgan fingerprint density at radius 3 is 2.95 bits per heavy atom. The lowest BCUT2D eigenvalue weighted by Gasteiger charge is -2.28. The summed E-state index contributed by atoms with van der Waals surface area (Å²) in [6.45, 7) is 4.92. The lowest BCUT2D eigenvalue weighted by atomic mass is 9.85. The highest BCUT2D eigenvalue weighted by Crippen LogP contribution is 2.37. The summed E-state index contributed by atoms with van der Waals surface area (Å²) in [6, 6.07) is 0. The maximum atomic E-state index is 11.9. The number of hydrogen-bond acceptors (Lipinski definition) is 4. The smallest absolute Gasteiger partial charge is 0.326 e. The molecule has 0 aromatic carbocycles. The predicted octanol–water partition coefficient (Wildman–Crippen LogP) is 1.56. The number of hydrogen-bond donors (Lipinski definition) is 1. The summed E-state index contributed by atoms with van der Waals surface area (Å²) < 4.78 is 6.99. The normalized spacial score (nSPS) is 26.6. The summed E-state index contributed by atoms with van der Waals surface area (Å²) in [6.07, 6.45) is 5.47. The third-order valence-corrected chi connectivity index (χ3v) is 4.50. The number of carbonyl (C=O) groups excluding carboxylic acids is 1. The zero-order valence-electron chi connectivity index (χ0n) is 12.0. The summed E-state index contributed by atoms with van der Waals surface area (Å²) in [7, 11) is 1.41. The van der Waals surface area contributed by atoms with E-state index in [4.69, 9.17) is 10.5 Å². The van der Waals surface area contributed by atoms with Crippen molar-refractivity contribution in [2.24, 2.45) is 11.7 Å². The van der Waals surface area contributed by atoms with E-state index in [1.165, 1.54) is 12.8 Å². The van der Waals surface area contributed by atoms with Gasteiger partial charge in [-0.25, -0.2) is 4.98 Å². The average Bonchev–Trinajstić information content (AvgIpc) is 2.93. The Kier molecular flexibility index (Phi) is 3.94. The van der Waals surface area contributed by atoms with Gasteiger partial charge in [0, 0.05) is 12.2 Å². The largest absolute Gasteiger partial charge is 0.468 e. The van der Waals surface area contributed by atoms with E-state index in [0.717, 1.165) is 37.9 Å². The fourth-order valence-corrected chi connectivity index (χ4v) is 3.03. The van der Waals surface area contributed by atoms with E-state index in [2.05, 4.69) is 16.5 Å². The van der Waals surface area contributed by atoms with Crippen molar-refractivity contribution in [1.29, 1.82) is 0 Å².